The molecule has 2 aromatic carbocycles. The molecule has 0 saturated heterocycles. The molecule has 0 spiro atoms. The number of rotatable bonds is 8. The van der Waals surface area contributed by atoms with Crippen molar-refractivity contribution in [1.29, 1.82) is 0 Å². The number of ether oxygens (including phenoxy) is 1. The number of carboxylic acid groups (broad SMARTS) is 1. The predicted octanol–water partition coefficient (Wildman–Crippen LogP) is 2.65. The SMILES string of the molecule is CCCN1C(=O)COc2ccc(C(=O)CS(=O)Cc3ccc(C(=O)O)cc3)cc21. The molecule has 1 atom stereocenters. The molecule has 29 heavy (non-hydrogen) atoms. The standard InChI is InChI=1S/C21H21NO6S/c1-2-9-22-17-10-16(7-8-19(17)28-11-20(22)24)18(23)13-29(27)12-14-3-5-15(6-4-14)21(25)26/h3-8,10H,2,9,11-13H2,1H3,(H,25,26). The van der Waals surface area contributed by atoms with E-state index in [9.17, 15) is 18.6 Å². The molecule has 3 rings (SSSR count). The first kappa shape index (κ1) is 20.7. The molecule has 0 bridgehead atoms. The second-order valence-electron chi connectivity index (χ2n) is 6.67. The van der Waals surface area contributed by atoms with Crippen LogP contribution in [0.25, 0.3) is 0 Å². The number of fused-ring (bicyclic) bond motifs is 1. The summed E-state index contributed by atoms with van der Waals surface area (Å²) in [5.74, 6) is -0.934. The second kappa shape index (κ2) is 9.00. The monoisotopic (exact) mass is 415 g/mol. The molecular formula is C21H21NO6S. The Balaban J connectivity index is 1.69. The number of carbonyl (C=O) groups excluding carboxylic acids is 2. The number of nitrogens with zero attached hydrogens (tertiary/aromatic N) is 1. The first-order valence-electron chi connectivity index (χ1n) is 9.16. The summed E-state index contributed by atoms with van der Waals surface area (Å²) in [6.07, 6.45) is 0.772. The fraction of sp³-hybridized carbons (Fsp3) is 0.286. The first-order chi connectivity index (χ1) is 13.9. The van der Waals surface area contributed by atoms with E-state index in [1.165, 1.54) is 12.1 Å². The van der Waals surface area contributed by atoms with Crippen molar-refractivity contribution in [1.82, 2.24) is 0 Å². The van der Waals surface area contributed by atoms with Gasteiger partial charge in [0.2, 0.25) is 0 Å². The number of amides is 1. The van der Waals surface area contributed by atoms with Crippen LogP contribution in [0.1, 0.15) is 39.6 Å². The average molecular weight is 415 g/mol. The Labute approximate surface area is 170 Å². The largest absolute Gasteiger partial charge is 0.482 e. The number of Topliss-reactive ketones (excluding diaryl/α,β-unsaturated/α-hetero) is 1. The Morgan fingerprint density at radius 3 is 2.48 bits per heavy atom. The van der Waals surface area contributed by atoms with Crippen molar-refractivity contribution < 1.29 is 28.4 Å². The van der Waals surface area contributed by atoms with Crippen LogP contribution in [0.5, 0.6) is 5.75 Å². The lowest BCUT2D eigenvalue weighted by atomic mass is 10.1. The highest BCUT2D eigenvalue weighted by atomic mass is 32.2. The molecule has 0 aromatic heterocycles. The van der Waals surface area contributed by atoms with Gasteiger partial charge in [-0.15, -0.1) is 0 Å². The minimum absolute atomic E-state index is 0.0228. The van der Waals surface area contributed by atoms with Gasteiger partial charge in [-0.25, -0.2) is 4.79 Å². The van der Waals surface area contributed by atoms with Crippen molar-refractivity contribution in [2.24, 2.45) is 0 Å². The summed E-state index contributed by atoms with van der Waals surface area (Å²) < 4.78 is 17.8. The molecule has 1 aliphatic heterocycles. The molecule has 1 aliphatic rings. The van der Waals surface area contributed by atoms with E-state index in [0.29, 0.717) is 29.1 Å². The minimum atomic E-state index is -1.45. The summed E-state index contributed by atoms with van der Waals surface area (Å²) in [5.41, 5.74) is 1.78. The van der Waals surface area contributed by atoms with Crippen LogP contribution in [0, 0.1) is 0 Å². The van der Waals surface area contributed by atoms with E-state index in [1.54, 1.807) is 35.2 Å². The van der Waals surface area contributed by atoms with Crippen LogP contribution in [0.15, 0.2) is 42.5 Å². The van der Waals surface area contributed by atoms with Gasteiger partial charge in [0.05, 0.1) is 17.0 Å². The molecule has 0 aliphatic carbocycles. The molecule has 0 fully saturated rings. The third kappa shape index (κ3) is 4.89. The number of hydrogen-bond donors (Lipinski definition) is 1. The number of carboxylic acids is 1. The van der Waals surface area contributed by atoms with Crippen molar-refractivity contribution in [3.05, 3.63) is 59.2 Å². The Morgan fingerprint density at radius 1 is 1.14 bits per heavy atom. The van der Waals surface area contributed by atoms with Crippen molar-refractivity contribution >= 4 is 34.1 Å². The quantitative estimate of drug-likeness (QED) is 0.665. The Bertz CT molecular complexity index is 970. The van der Waals surface area contributed by atoms with E-state index in [4.69, 9.17) is 9.84 Å². The van der Waals surface area contributed by atoms with Gasteiger partial charge in [-0.05, 0) is 42.3 Å². The van der Waals surface area contributed by atoms with Crippen molar-refractivity contribution in [3.63, 3.8) is 0 Å². The maximum absolute atomic E-state index is 12.6. The third-order valence-electron chi connectivity index (χ3n) is 4.49. The van der Waals surface area contributed by atoms with Crippen LogP contribution >= 0.6 is 0 Å². The molecule has 8 heteroatoms. The van der Waals surface area contributed by atoms with Crippen LogP contribution < -0.4 is 9.64 Å². The van der Waals surface area contributed by atoms with Gasteiger partial charge < -0.3 is 14.7 Å². The highest BCUT2D eigenvalue weighted by Gasteiger charge is 2.26. The molecule has 1 unspecified atom stereocenters. The fourth-order valence-electron chi connectivity index (χ4n) is 3.05. The minimum Gasteiger partial charge on any atom is -0.482 e. The van der Waals surface area contributed by atoms with Gasteiger partial charge in [0, 0.05) is 28.7 Å². The highest BCUT2D eigenvalue weighted by Crippen LogP contribution is 2.33. The van der Waals surface area contributed by atoms with E-state index in [1.807, 2.05) is 6.92 Å². The topological polar surface area (TPSA) is 101 Å². The van der Waals surface area contributed by atoms with Gasteiger partial charge in [-0.1, -0.05) is 19.1 Å². The summed E-state index contributed by atoms with van der Waals surface area (Å²) in [6, 6.07) is 11.0. The van der Waals surface area contributed by atoms with Gasteiger partial charge in [0.1, 0.15) is 5.75 Å². The zero-order valence-corrected chi connectivity index (χ0v) is 16.7. The van der Waals surface area contributed by atoms with Gasteiger partial charge >= 0.3 is 5.97 Å². The molecule has 0 radical (unpaired) electrons. The maximum Gasteiger partial charge on any atom is 0.335 e. The zero-order chi connectivity index (χ0) is 21.0. The van der Waals surface area contributed by atoms with Crippen LogP contribution in [0.4, 0.5) is 5.69 Å². The number of ketones is 1. The van der Waals surface area contributed by atoms with Gasteiger partial charge in [0.15, 0.2) is 12.4 Å². The number of aromatic carboxylic acids is 1. The van der Waals surface area contributed by atoms with E-state index in [0.717, 1.165) is 6.42 Å². The number of carbonyl (C=O) groups is 3. The number of benzene rings is 2. The van der Waals surface area contributed by atoms with Crippen LogP contribution in [-0.4, -0.2) is 45.9 Å². The van der Waals surface area contributed by atoms with E-state index < -0.39 is 16.8 Å². The van der Waals surface area contributed by atoms with E-state index in [2.05, 4.69) is 0 Å². The number of hydrogen-bond acceptors (Lipinski definition) is 5. The third-order valence-corrected chi connectivity index (χ3v) is 5.73. The van der Waals surface area contributed by atoms with Crippen molar-refractivity contribution in [3.8, 4) is 5.75 Å². The summed E-state index contributed by atoms with van der Waals surface area (Å²) in [4.78, 5) is 37.2. The fourth-order valence-corrected chi connectivity index (χ4v) is 4.18. The van der Waals surface area contributed by atoms with Crippen LogP contribution in [0.3, 0.4) is 0 Å². The predicted molar refractivity (Wildman–Crippen MR) is 109 cm³/mol. The normalized spacial score (nSPS) is 14.1. The first-order valence-corrected chi connectivity index (χ1v) is 10.7. The smallest absolute Gasteiger partial charge is 0.335 e. The number of anilines is 1. The zero-order valence-electron chi connectivity index (χ0n) is 15.9. The van der Waals surface area contributed by atoms with Crippen molar-refractivity contribution in [2.75, 3.05) is 23.8 Å². The molecule has 152 valence electrons. The summed E-state index contributed by atoms with van der Waals surface area (Å²) in [7, 11) is -1.45. The molecule has 7 nitrogen and oxygen atoms in total. The lowest BCUT2D eigenvalue weighted by Crippen LogP contribution is -2.39. The summed E-state index contributed by atoms with van der Waals surface area (Å²) >= 11 is 0. The van der Waals surface area contributed by atoms with Gasteiger partial charge in [-0.2, -0.15) is 0 Å². The molecule has 1 N–H and O–H groups in total. The summed E-state index contributed by atoms with van der Waals surface area (Å²) in [5, 5.41) is 8.92. The van der Waals surface area contributed by atoms with Gasteiger partial charge in [-0.3, -0.25) is 13.8 Å². The molecular weight excluding hydrogens is 394 g/mol. The Hall–Kier alpha value is -3.00. The Kier molecular flexibility index (Phi) is 6.43. The lowest BCUT2D eigenvalue weighted by Gasteiger charge is -2.29. The Morgan fingerprint density at radius 2 is 1.83 bits per heavy atom. The van der Waals surface area contributed by atoms with Crippen LogP contribution in [0.2, 0.25) is 0 Å². The summed E-state index contributed by atoms with van der Waals surface area (Å²) in [6.45, 7) is 2.47. The second-order valence-corrected chi connectivity index (χ2v) is 8.13. The molecule has 0 saturated carbocycles. The van der Waals surface area contributed by atoms with Gasteiger partial charge in [0.25, 0.3) is 5.91 Å². The van der Waals surface area contributed by atoms with Crippen LogP contribution in [-0.2, 0) is 21.3 Å². The van der Waals surface area contributed by atoms with E-state index in [-0.39, 0.29) is 35.4 Å². The van der Waals surface area contributed by atoms with Crippen molar-refractivity contribution in [2.45, 2.75) is 19.1 Å². The average Bonchev–Trinajstić information content (AvgIpc) is 2.70. The molecule has 1 heterocycles. The molecule has 2 aromatic rings. The molecule has 1 amide bonds. The lowest BCUT2D eigenvalue weighted by molar-refractivity contribution is -0.121. The highest BCUT2D eigenvalue weighted by molar-refractivity contribution is 7.85. The van der Waals surface area contributed by atoms with E-state index >= 15 is 0 Å². The maximum atomic E-state index is 12.6.